The molecule has 3 nitrogen and oxygen atoms in total. The molecule has 0 amide bonds. The van der Waals surface area contributed by atoms with Gasteiger partial charge in [0.1, 0.15) is 0 Å². The Morgan fingerprint density at radius 3 is 2.52 bits per heavy atom. The van der Waals surface area contributed by atoms with Crippen LogP contribution in [-0.2, 0) is 0 Å². The fourth-order valence-electron chi connectivity index (χ4n) is 1.91. The van der Waals surface area contributed by atoms with Crippen LogP contribution in [0.15, 0.2) is 36.4 Å². The molecule has 4 heteroatoms. The molecule has 2 rings (SSSR count). The van der Waals surface area contributed by atoms with Crippen LogP contribution in [0.2, 0.25) is 5.02 Å². The molecule has 0 bridgehead atoms. The van der Waals surface area contributed by atoms with Crippen LogP contribution in [0.4, 0.5) is 0 Å². The zero-order valence-corrected chi connectivity index (χ0v) is 12.5. The number of rotatable bonds is 3. The molecule has 0 unspecified atom stereocenters. The molecule has 0 aliphatic heterocycles. The van der Waals surface area contributed by atoms with Gasteiger partial charge in [-0.1, -0.05) is 41.4 Å². The average Bonchev–Trinajstić information content (AvgIpc) is 2.49. The third-order valence-electron chi connectivity index (χ3n) is 3.06. The third-order valence-corrected chi connectivity index (χ3v) is 3.35. The van der Waals surface area contributed by atoms with Crippen molar-refractivity contribution in [1.29, 1.82) is 5.26 Å². The van der Waals surface area contributed by atoms with Crippen molar-refractivity contribution < 1.29 is 9.84 Å². The highest BCUT2D eigenvalue weighted by atomic mass is 35.5. The number of halogens is 1. The summed E-state index contributed by atoms with van der Waals surface area (Å²) in [6.07, 6.45) is 1.71. The molecule has 0 heterocycles. The van der Waals surface area contributed by atoms with E-state index in [9.17, 15) is 10.4 Å². The molecule has 0 saturated heterocycles. The van der Waals surface area contributed by atoms with Gasteiger partial charge in [0.2, 0.25) is 0 Å². The first kappa shape index (κ1) is 15.0. The van der Waals surface area contributed by atoms with Gasteiger partial charge in [-0.3, -0.25) is 0 Å². The fraction of sp³-hybridized carbons (Fsp3) is 0.118. The minimum absolute atomic E-state index is 0.106. The van der Waals surface area contributed by atoms with Gasteiger partial charge in [0.05, 0.1) is 23.8 Å². The number of ether oxygens (including phenoxy) is 1. The number of aryl methyl sites for hydroxylation is 1. The van der Waals surface area contributed by atoms with Gasteiger partial charge in [0, 0.05) is 0 Å². The number of methoxy groups -OCH3 is 1. The van der Waals surface area contributed by atoms with Crippen LogP contribution in [0.5, 0.6) is 11.5 Å². The third kappa shape index (κ3) is 3.36. The molecule has 0 fully saturated rings. The SMILES string of the molecule is COc1cc(/C=C(/C#N)c2ccc(C)cc2)cc(Cl)c1O. The van der Waals surface area contributed by atoms with Crippen molar-refractivity contribution >= 4 is 23.3 Å². The largest absolute Gasteiger partial charge is 0.503 e. The molecule has 1 N–H and O–H groups in total. The molecule has 106 valence electrons. The number of phenolic OH excluding ortho intramolecular Hbond substituents is 1. The highest BCUT2D eigenvalue weighted by Gasteiger charge is 2.09. The van der Waals surface area contributed by atoms with Crippen molar-refractivity contribution in [3.63, 3.8) is 0 Å². The monoisotopic (exact) mass is 299 g/mol. The Morgan fingerprint density at radius 1 is 1.29 bits per heavy atom. The van der Waals surface area contributed by atoms with Crippen molar-refractivity contribution in [3.8, 4) is 17.6 Å². The lowest BCUT2D eigenvalue weighted by Gasteiger charge is -2.07. The summed E-state index contributed by atoms with van der Waals surface area (Å²) >= 11 is 5.95. The number of nitrogens with zero attached hydrogens (tertiary/aromatic N) is 1. The maximum absolute atomic E-state index is 9.72. The molecule has 0 aliphatic carbocycles. The Labute approximate surface area is 128 Å². The highest BCUT2D eigenvalue weighted by molar-refractivity contribution is 6.32. The van der Waals surface area contributed by atoms with Crippen LogP contribution in [0.25, 0.3) is 11.6 Å². The first-order valence-corrected chi connectivity index (χ1v) is 6.68. The van der Waals surface area contributed by atoms with Crippen molar-refractivity contribution in [2.45, 2.75) is 6.92 Å². The lowest BCUT2D eigenvalue weighted by molar-refractivity contribution is 0.373. The molecule has 0 spiro atoms. The van der Waals surface area contributed by atoms with Crippen LogP contribution in [0, 0.1) is 18.3 Å². The molecular weight excluding hydrogens is 286 g/mol. The number of phenols is 1. The van der Waals surface area contributed by atoms with E-state index in [1.165, 1.54) is 7.11 Å². The summed E-state index contributed by atoms with van der Waals surface area (Å²) in [5.74, 6) is 0.167. The standard InChI is InChI=1S/C17H14ClNO2/c1-11-3-5-13(6-4-11)14(10-19)7-12-8-15(18)17(20)16(9-12)21-2/h3-9,20H,1-2H3/b14-7-. The smallest absolute Gasteiger partial charge is 0.176 e. The van der Waals surface area contributed by atoms with Gasteiger partial charge in [0.25, 0.3) is 0 Å². The predicted octanol–water partition coefficient (Wildman–Crippen LogP) is 4.43. The molecule has 2 aromatic rings. The van der Waals surface area contributed by atoms with Gasteiger partial charge >= 0.3 is 0 Å². The fourth-order valence-corrected chi connectivity index (χ4v) is 2.13. The van der Waals surface area contributed by atoms with Gasteiger partial charge in [-0.25, -0.2) is 0 Å². The molecule has 0 radical (unpaired) electrons. The van der Waals surface area contributed by atoms with E-state index < -0.39 is 0 Å². The molecule has 2 aromatic carbocycles. The van der Waals surface area contributed by atoms with Crippen molar-refractivity contribution in [2.75, 3.05) is 7.11 Å². The first-order chi connectivity index (χ1) is 10.0. The Balaban J connectivity index is 2.48. The van der Waals surface area contributed by atoms with Crippen LogP contribution in [-0.4, -0.2) is 12.2 Å². The van der Waals surface area contributed by atoms with E-state index in [1.807, 2.05) is 31.2 Å². The number of hydrogen-bond donors (Lipinski definition) is 1. The van der Waals surface area contributed by atoms with Crippen molar-refractivity contribution in [2.24, 2.45) is 0 Å². The Morgan fingerprint density at radius 2 is 1.95 bits per heavy atom. The molecule has 0 saturated carbocycles. The zero-order chi connectivity index (χ0) is 15.4. The van der Waals surface area contributed by atoms with Gasteiger partial charge in [-0.05, 0) is 36.3 Å². The van der Waals surface area contributed by atoms with Gasteiger partial charge in [-0.2, -0.15) is 5.26 Å². The van der Waals surface area contributed by atoms with Crippen LogP contribution in [0.3, 0.4) is 0 Å². The summed E-state index contributed by atoms with van der Waals surface area (Å²) in [7, 11) is 1.45. The normalized spacial score (nSPS) is 11.0. The summed E-state index contributed by atoms with van der Waals surface area (Å²) in [6.45, 7) is 1.99. The quantitative estimate of drug-likeness (QED) is 0.674. The minimum atomic E-state index is -0.106. The second kappa shape index (κ2) is 6.34. The predicted molar refractivity (Wildman–Crippen MR) is 84.3 cm³/mol. The van der Waals surface area contributed by atoms with E-state index in [-0.39, 0.29) is 16.5 Å². The van der Waals surface area contributed by atoms with E-state index in [4.69, 9.17) is 16.3 Å². The molecule has 0 aliphatic rings. The molecular formula is C17H14ClNO2. The Kier molecular flexibility index (Phi) is 4.52. The number of aromatic hydroxyl groups is 1. The Hall–Kier alpha value is -2.44. The van der Waals surface area contributed by atoms with E-state index in [1.54, 1.807) is 18.2 Å². The zero-order valence-electron chi connectivity index (χ0n) is 11.7. The maximum Gasteiger partial charge on any atom is 0.176 e. The summed E-state index contributed by atoms with van der Waals surface area (Å²) in [5, 5.41) is 19.2. The van der Waals surface area contributed by atoms with Gasteiger partial charge in [0.15, 0.2) is 11.5 Å². The average molecular weight is 300 g/mol. The number of benzene rings is 2. The van der Waals surface area contributed by atoms with Crippen LogP contribution in [0.1, 0.15) is 16.7 Å². The minimum Gasteiger partial charge on any atom is -0.503 e. The lowest BCUT2D eigenvalue weighted by Crippen LogP contribution is -1.87. The van der Waals surface area contributed by atoms with Crippen LogP contribution >= 0.6 is 11.6 Å². The molecule has 0 aromatic heterocycles. The second-order valence-electron chi connectivity index (χ2n) is 4.59. The Bertz CT molecular complexity index is 728. The highest BCUT2D eigenvalue weighted by Crippen LogP contribution is 2.36. The number of nitriles is 1. The van der Waals surface area contributed by atoms with Gasteiger partial charge in [-0.15, -0.1) is 0 Å². The maximum atomic E-state index is 9.72. The first-order valence-electron chi connectivity index (χ1n) is 6.30. The molecule has 0 atom stereocenters. The topological polar surface area (TPSA) is 53.2 Å². The summed E-state index contributed by atoms with van der Waals surface area (Å²) in [4.78, 5) is 0. The second-order valence-corrected chi connectivity index (χ2v) is 5.00. The van der Waals surface area contributed by atoms with E-state index in [0.29, 0.717) is 11.1 Å². The number of hydrogen-bond acceptors (Lipinski definition) is 3. The summed E-state index contributed by atoms with van der Waals surface area (Å²) in [6, 6.07) is 13.1. The number of allylic oxidation sites excluding steroid dienone is 1. The molecule has 21 heavy (non-hydrogen) atoms. The van der Waals surface area contributed by atoms with Crippen molar-refractivity contribution in [1.82, 2.24) is 0 Å². The summed E-state index contributed by atoms with van der Waals surface area (Å²) < 4.78 is 5.06. The van der Waals surface area contributed by atoms with Gasteiger partial charge < -0.3 is 9.84 Å². The summed E-state index contributed by atoms with van der Waals surface area (Å²) in [5.41, 5.74) is 3.15. The lowest BCUT2D eigenvalue weighted by atomic mass is 10.0. The van der Waals surface area contributed by atoms with Crippen molar-refractivity contribution in [3.05, 3.63) is 58.1 Å². The van der Waals surface area contributed by atoms with Crippen LogP contribution < -0.4 is 4.74 Å². The van der Waals surface area contributed by atoms with E-state index >= 15 is 0 Å². The van der Waals surface area contributed by atoms with E-state index in [0.717, 1.165) is 11.1 Å². The van der Waals surface area contributed by atoms with E-state index in [2.05, 4.69) is 6.07 Å².